The van der Waals surface area contributed by atoms with E-state index in [1.807, 2.05) is 24.3 Å². The molecule has 0 atom stereocenters. The zero-order valence-corrected chi connectivity index (χ0v) is 16.0. The summed E-state index contributed by atoms with van der Waals surface area (Å²) in [5, 5.41) is 2.67. The van der Waals surface area contributed by atoms with E-state index in [2.05, 4.69) is 21.2 Å². The van der Waals surface area contributed by atoms with Crippen LogP contribution in [0.5, 0.6) is 0 Å². The predicted octanol–water partition coefficient (Wildman–Crippen LogP) is 2.55. The van der Waals surface area contributed by atoms with Crippen molar-refractivity contribution >= 4 is 31.9 Å². The first-order chi connectivity index (χ1) is 12.0. The smallest absolute Gasteiger partial charge is 0.287 e. The number of rotatable bonds is 6. The summed E-state index contributed by atoms with van der Waals surface area (Å²) < 4.78 is 32.2. The minimum Gasteiger partial charge on any atom is -0.444 e. The summed E-state index contributed by atoms with van der Waals surface area (Å²) in [5.74, 6) is -0.144. The standard InChI is InChI=1S/C17H19BrN2O4S/c18-16-7-6-15(24-16)17(21)19-9-3-11-25(22,23)20-10-8-13-4-1-2-5-14(13)12-20/h1-2,4-7H,3,8-12H2,(H,19,21). The summed E-state index contributed by atoms with van der Waals surface area (Å²) in [6.07, 6.45) is 1.09. The second-order valence-corrected chi connectivity index (χ2v) is 8.75. The van der Waals surface area contributed by atoms with Crippen LogP contribution in [0, 0.1) is 0 Å². The SMILES string of the molecule is O=C(NCCCS(=O)(=O)N1CCc2ccccc2C1)c1ccc(Br)o1. The van der Waals surface area contributed by atoms with Crippen LogP contribution in [0.3, 0.4) is 0 Å². The molecule has 6 nitrogen and oxygen atoms in total. The van der Waals surface area contributed by atoms with Gasteiger partial charge in [0.2, 0.25) is 10.0 Å². The maximum atomic E-state index is 12.5. The number of carbonyl (C=O) groups excluding carboxylic acids is 1. The molecule has 0 unspecified atom stereocenters. The normalized spacial score (nSPS) is 14.9. The lowest BCUT2D eigenvalue weighted by molar-refractivity contribution is 0.0924. The molecule has 0 saturated carbocycles. The highest BCUT2D eigenvalue weighted by atomic mass is 79.9. The summed E-state index contributed by atoms with van der Waals surface area (Å²) in [4.78, 5) is 11.8. The Hall–Kier alpha value is -1.64. The quantitative estimate of drug-likeness (QED) is 0.719. The Morgan fingerprint density at radius 3 is 2.68 bits per heavy atom. The van der Waals surface area contributed by atoms with Crippen LogP contribution in [0.2, 0.25) is 0 Å². The number of hydrogen-bond acceptors (Lipinski definition) is 4. The van der Waals surface area contributed by atoms with Crippen LogP contribution >= 0.6 is 15.9 Å². The Morgan fingerprint density at radius 1 is 1.20 bits per heavy atom. The fourth-order valence-corrected chi connectivity index (χ4v) is 4.60. The number of nitrogens with zero attached hydrogens (tertiary/aromatic N) is 1. The number of furan rings is 1. The van der Waals surface area contributed by atoms with Gasteiger partial charge in [-0.15, -0.1) is 0 Å². The van der Waals surface area contributed by atoms with Crippen LogP contribution < -0.4 is 5.32 Å². The van der Waals surface area contributed by atoms with Gasteiger partial charge in [0, 0.05) is 19.6 Å². The number of carbonyl (C=O) groups is 1. The third-order valence-corrected chi connectivity index (χ3v) is 6.48. The topological polar surface area (TPSA) is 79.6 Å². The summed E-state index contributed by atoms with van der Waals surface area (Å²) in [6, 6.07) is 11.1. The highest BCUT2D eigenvalue weighted by molar-refractivity contribution is 9.10. The molecular weight excluding hydrogens is 408 g/mol. The van der Waals surface area contributed by atoms with E-state index in [0.717, 1.165) is 12.0 Å². The van der Waals surface area contributed by atoms with Gasteiger partial charge in [0.15, 0.2) is 10.4 Å². The van der Waals surface area contributed by atoms with Crippen molar-refractivity contribution in [1.29, 1.82) is 0 Å². The number of fused-ring (bicyclic) bond motifs is 1. The van der Waals surface area contributed by atoms with Gasteiger partial charge in [-0.3, -0.25) is 4.79 Å². The molecule has 1 aromatic carbocycles. The summed E-state index contributed by atoms with van der Waals surface area (Å²) in [5.41, 5.74) is 2.28. The Bertz CT molecular complexity index is 863. The van der Waals surface area contributed by atoms with Gasteiger partial charge in [0.25, 0.3) is 5.91 Å². The zero-order chi connectivity index (χ0) is 17.9. The molecule has 25 heavy (non-hydrogen) atoms. The van der Waals surface area contributed by atoms with Crippen LogP contribution in [-0.2, 0) is 23.0 Å². The molecule has 0 aliphatic carbocycles. The maximum absolute atomic E-state index is 12.5. The van der Waals surface area contributed by atoms with Crippen molar-refractivity contribution in [2.45, 2.75) is 19.4 Å². The molecule has 0 radical (unpaired) electrons. The van der Waals surface area contributed by atoms with E-state index < -0.39 is 10.0 Å². The summed E-state index contributed by atoms with van der Waals surface area (Å²) in [7, 11) is -3.33. The van der Waals surface area contributed by atoms with Crippen LogP contribution in [0.15, 0.2) is 45.5 Å². The Kier molecular flexibility index (Phi) is 5.61. The number of halogens is 1. The lowest BCUT2D eigenvalue weighted by atomic mass is 10.0. The molecule has 1 N–H and O–H groups in total. The first-order valence-electron chi connectivity index (χ1n) is 8.04. The van der Waals surface area contributed by atoms with Gasteiger partial charge >= 0.3 is 0 Å². The van der Waals surface area contributed by atoms with Gasteiger partial charge in [0.05, 0.1) is 5.75 Å². The first-order valence-corrected chi connectivity index (χ1v) is 10.4. The molecule has 3 rings (SSSR count). The Balaban J connectivity index is 1.48. The Morgan fingerprint density at radius 2 is 1.96 bits per heavy atom. The van der Waals surface area contributed by atoms with Crippen molar-refractivity contribution in [3.8, 4) is 0 Å². The third-order valence-electron chi connectivity index (χ3n) is 4.15. The van der Waals surface area contributed by atoms with Crippen LogP contribution in [0.1, 0.15) is 28.1 Å². The molecule has 8 heteroatoms. The Labute approximate surface area is 155 Å². The second-order valence-electron chi connectivity index (χ2n) is 5.88. The predicted molar refractivity (Wildman–Crippen MR) is 97.7 cm³/mol. The molecule has 0 fully saturated rings. The van der Waals surface area contributed by atoms with Gasteiger partial charge < -0.3 is 9.73 Å². The molecule has 0 saturated heterocycles. The van der Waals surface area contributed by atoms with E-state index in [-0.39, 0.29) is 24.0 Å². The minimum absolute atomic E-state index is 0.0112. The molecule has 1 amide bonds. The number of hydrogen-bond donors (Lipinski definition) is 1. The largest absolute Gasteiger partial charge is 0.444 e. The molecule has 0 spiro atoms. The van der Waals surface area contributed by atoms with E-state index in [1.165, 1.54) is 9.87 Å². The van der Waals surface area contributed by atoms with Gasteiger partial charge in [0.1, 0.15) is 0 Å². The van der Waals surface area contributed by atoms with E-state index in [4.69, 9.17) is 4.42 Å². The fraction of sp³-hybridized carbons (Fsp3) is 0.353. The fourth-order valence-electron chi connectivity index (χ4n) is 2.82. The summed E-state index contributed by atoms with van der Waals surface area (Å²) >= 11 is 3.13. The van der Waals surface area contributed by atoms with Crippen molar-refractivity contribution in [2.24, 2.45) is 0 Å². The molecule has 0 bridgehead atoms. The van der Waals surface area contributed by atoms with Gasteiger partial charge in [-0.1, -0.05) is 24.3 Å². The van der Waals surface area contributed by atoms with E-state index in [0.29, 0.717) is 24.2 Å². The van der Waals surface area contributed by atoms with Crippen molar-refractivity contribution < 1.29 is 17.6 Å². The van der Waals surface area contributed by atoms with E-state index in [1.54, 1.807) is 12.1 Å². The average Bonchev–Trinajstić information content (AvgIpc) is 3.04. The van der Waals surface area contributed by atoms with Gasteiger partial charge in [-0.25, -0.2) is 8.42 Å². The highest BCUT2D eigenvalue weighted by Gasteiger charge is 2.26. The molecule has 1 aromatic heterocycles. The molecule has 2 heterocycles. The van der Waals surface area contributed by atoms with Crippen molar-refractivity contribution in [1.82, 2.24) is 9.62 Å². The van der Waals surface area contributed by atoms with Crippen molar-refractivity contribution in [3.05, 3.63) is 58.0 Å². The van der Waals surface area contributed by atoms with Crippen LogP contribution in [0.25, 0.3) is 0 Å². The zero-order valence-electron chi connectivity index (χ0n) is 13.6. The first kappa shape index (κ1) is 18.2. The summed E-state index contributed by atoms with van der Waals surface area (Å²) in [6.45, 7) is 1.21. The highest BCUT2D eigenvalue weighted by Crippen LogP contribution is 2.21. The lowest BCUT2D eigenvalue weighted by Gasteiger charge is -2.28. The lowest BCUT2D eigenvalue weighted by Crippen LogP contribution is -2.38. The van der Waals surface area contributed by atoms with E-state index in [9.17, 15) is 13.2 Å². The third kappa shape index (κ3) is 4.50. The monoisotopic (exact) mass is 426 g/mol. The van der Waals surface area contributed by atoms with Gasteiger partial charge in [-0.2, -0.15) is 4.31 Å². The number of nitrogens with one attached hydrogen (secondary N) is 1. The number of sulfonamides is 1. The number of amides is 1. The van der Waals surface area contributed by atoms with Crippen LogP contribution in [0.4, 0.5) is 0 Å². The van der Waals surface area contributed by atoms with Crippen LogP contribution in [-0.4, -0.2) is 37.5 Å². The minimum atomic E-state index is -3.33. The van der Waals surface area contributed by atoms with Gasteiger partial charge in [-0.05, 0) is 52.0 Å². The van der Waals surface area contributed by atoms with Crippen molar-refractivity contribution in [3.63, 3.8) is 0 Å². The number of benzene rings is 1. The molecule has 1 aliphatic heterocycles. The molecule has 134 valence electrons. The maximum Gasteiger partial charge on any atom is 0.287 e. The molecule has 2 aromatic rings. The molecular formula is C17H19BrN2O4S. The van der Waals surface area contributed by atoms with E-state index >= 15 is 0 Å². The van der Waals surface area contributed by atoms with Crippen molar-refractivity contribution in [2.75, 3.05) is 18.8 Å². The molecule has 1 aliphatic rings. The average molecular weight is 427 g/mol. The second kappa shape index (κ2) is 7.72.